The van der Waals surface area contributed by atoms with Gasteiger partial charge in [-0.15, -0.1) is 16.9 Å². The second-order valence-electron chi connectivity index (χ2n) is 5.97. The third-order valence-electron chi connectivity index (χ3n) is 4.45. The van der Waals surface area contributed by atoms with Crippen LogP contribution in [0.2, 0.25) is 0 Å². The number of hydrogen-bond acceptors (Lipinski definition) is 7. The molecule has 1 heterocycles. The summed E-state index contributed by atoms with van der Waals surface area (Å²) in [6, 6.07) is 3.97. The minimum absolute atomic E-state index is 0.0842. The number of benzene rings is 1. The van der Waals surface area contributed by atoms with Crippen molar-refractivity contribution in [1.82, 2.24) is 20.6 Å². The highest BCUT2D eigenvalue weighted by atomic mass is 32.2. The number of tetrazole rings is 1. The van der Waals surface area contributed by atoms with Crippen LogP contribution in [0.3, 0.4) is 0 Å². The lowest BCUT2D eigenvalue weighted by Gasteiger charge is -2.28. The van der Waals surface area contributed by atoms with Crippen LogP contribution >= 0.6 is 11.8 Å². The summed E-state index contributed by atoms with van der Waals surface area (Å²) in [5.74, 6) is 0.529. The Hall–Kier alpha value is -1.49. The first-order valence-electron chi connectivity index (χ1n) is 7.65. The number of nitrogens with one attached hydrogen (secondary N) is 1. The molecule has 0 radical (unpaired) electrons. The van der Waals surface area contributed by atoms with Crippen LogP contribution in [-0.4, -0.2) is 41.3 Å². The van der Waals surface area contributed by atoms with Crippen molar-refractivity contribution in [3.63, 3.8) is 0 Å². The summed E-state index contributed by atoms with van der Waals surface area (Å²) in [4.78, 5) is 0.668. The predicted octanol–water partition coefficient (Wildman–Crippen LogP) is 1.22. The van der Waals surface area contributed by atoms with Crippen LogP contribution in [0.4, 0.5) is 0 Å². The molecule has 0 saturated heterocycles. The molecule has 1 saturated carbocycles. The molecule has 1 aromatic carbocycles. The predicted molar refractivity (Wildman–Crippen MR) is 92.0 cm³/mol. The number of rotatable bonds is 4. The zero-order valence-electron chi connectivity index (χ0n) is 13.3. The third kappa shape index (κ3) is 3.32. The lowest BCUT2D eigenvalue weighted by atomic mass is 9.80. The molecule has 0 spiro atoms. The summed E-state index contributed by atoms with van der Waals surface area (Å²) in [7, 11) is -3.94. The number of primary sulfonamides is 1. The van der Waals surface area contributed by atoms with Crippen LogP contribution in [0.5, 0.6) is 0 Å². The minimum Gasteiger partial charge on any atom is -0.328 e. The quantitative estimate of drug-likeness (QED) is 0.689. The summed E-state index contributed by atoms with van der Waals surface area (Å²) >= 11 is 1.33. The molecule has 3 rings (SSSR count). The largest absolute Gasteiger partial charge is 0.328 e. The van der Waals surface area contributed by atoms with Crippen molar-refractivity contribution >= 4 is 21.8 Å². The first kappa shape index (κ1) is 17.3. The lowest BCUT2D eigenvalue weighted by Crippen LogP contribution is -2.26. The van der Waals surface area contributed by atoms with E-state index < -0.39 is 10.0 Å². The molecule has 10 heteroatoms. The van der Waals surface area contributed by atoms with E-state index in [0.29, 0.717) is 16.3 Å². The van der Waals surface area contributed by atoms with Gasteiger partial charge in [-0.1, -0.05) is 6.07 Å². The van der Waals surface area contributed by atoms with Crippen molar-refractivity contribution in [2.24, 2.45) is 10.9 Å². The molecule has 0 aliphatic heterocycles. The van der Waals surface area contributed by atoms with Gasteiger partial charge >= 0.3 is 0 Å². The van der Waals surface area contributed by atoms with Gasteiger partial charge in [-0.2, -0.15) is 0 Å². The maximum atomic E-state index is 12.3. The van der Waals surface area contributed by atoms with Crippen LogP contribution in [0.15, 0.2) is 21.9 Å². The van der Waals surface area contributed by atoms with Crippen LogP contribution < -0.4 is 10.9 Å². The van der Waals surface area contributed by atoms with Gasteiger partial charge in [0, 0.05) is 16.5 Å². The van der Waals surface area contributed by atoms with Gasteiger partial charge in [-0.3, -0.25) is 0 Å². The van der Waals surface area contributed by atoms with Crippen molar-refractivity contribution < 1.29 is 8.42 Å². The smallest absolute Gasteiger partial charge is 0.239 e. The molecular formula is C14H20N6O2S2. The molecule has 1 aliphatic carbocycles. The molecule has 0 bridgehead atoms. The highest BCUT2D eigenvalue weighted by Crippen LogP contribution is 2.42. The van der Waals surface area contributed by atoms with E-state index in [9.17, 15) is 8.42 Å². The van der Waals surface area contributed by atoms with Crippen LogP contribution in [0, 0.1) is 0 Å². The van der Waals surface area contributed by atoms with E-state index >= 15 is 0 Å². The molecule has 24 heavy (non-hydrogen) atoms. The molecular weight excluding hydrogens is 348 g/mol. The Labute approximate surface area is 144 Å². The number of nitrogens with two attached hydrogens (primary N) is 2. The molecule has 0 atom stereocenters. The monoisotopic (exact) mass is 368 g/mol. The Morgan fingerprint density at radius 3 is 2.50 bits per heavy atom. The summed E-state index contributed by atoms with van der Waals surface area (Å²) in [6.45, 7) is 0. The van der Waals surface area contributed by atoms with E-state index in [2.05, 4.69) is 20.6 Å². The third-order valence-corrected chi connectivity index (χ3v) is 6.35. The van der Waals surface area contributed by atoms with Gasteiger partial charge in [0.05, 0.1) is 0 Å². The lowest BCUT2D eigenvalue weighted by molar-refractivity contribution is 0.395. The fraction of sp³-hybridized carbons (Fsp3) is 0.500. The Morgan fingerprint density at radius 2 is 1.96 bits per heavy atom. The van der Waals surface area contributed by atoms with Crippen molar-refractivity contribution in [2.75, 3.05) is 6.26 Å². The standard InChI is InChI=1S/C14H20N6O2S2/c1-23-11-7-6-10(8-2-4-9(15)5-3-8)12(13(11)24(16,21)22)14-17-19-20-18-14/h6-9H,2-5,15H2,1H3,(H2,16,21,22)(H,17,18,19,20)/t8-,9-. The van der Waals surface area contributed by atoms with Gasteiger partial charge < -0.3 is 5.73 Å². The number of hydrogen-bond donors (Lipinski definition) is 3. The van der Waals surface area contributed by atoms with E-state index in [-0.39, 0.29) is 16.9 Å². The summed E-state index contributed by atoms with van der Waals surface area (Å²) < 4.78 is 24.6. The second-order valence-corrected chi connectivity index (χ2v) is 8.31. The molecule has 130 valence electrons. The Bertz CT molecular complexity index is 814. The summed E-state index contributed by atoms with van der Waals surface area (Å²) in [5.41, 5.74) is 7.38. The maximum absolute atomic E-state index is 12.3. The van der Waals surface area contributed by atoms with Crippen molar-refractivity contribution in [2.45, 2.75) is 47.4 Å². The summed E-state index contributed by atoms with van der Waals surface area (Å²) in [5, 5.41) is 19.3. The van der Waals surface area contributed by atoms with Crippen LogP contribution in [0.1, 0.15) is 37.2 Å². The SMILES string of the molecule is CSc1ccc([C@H]2CC[C@H](N)CC2)c(-c2nnn[nH]2)c1S(N)(=O)=O. The van der Waals surface area contributed by atoms with Crippen molar-refractivity contribution in [3.8, 4) is 11.4 Å². The maximum Gasteiger partial charge on any atom is 0.239 e. The Kier molecular flexibility index (Phi) is 4.90. The molecule has 2 aromatic rings. The van der Waals surface area contributed by atoms with Gasteiger partial charge in [0.1, 0.15) is 4.90 Å². The van der Waals surface area contributed by atoms with E-state index in [0.717, 1.165) is 31.2 Å². The molecule has 0 unspecified atom stereocenters. The molecule has 0 amide bonds. The average Bonchev–Trinajstić information content (AvgIpc) is 3.07. The molecule has 1 fully saturated rings. The summed E-state index contributed by atoms with van der Waals surface area (Å²) in [6.07, 6.45) is 5.43. The van der Waals surface area contributed by atoms with Gasteiger partial charge in [-0.05, 0) is 59.9 Å². The number of nitrogens with zero attached hydrogens (tertiary/aromatic N) is 3. The number of sulfonamides is 1. The molecule has 8 nitrogen and oxygen atoms in total. The van der Waals surface area contributed by atoms with E-state index in [4.69, 9.17) is 10.9 Å². The first-order valence-corrected chi connectivity index (χ1v) is 10.4. The fourth-order valence-electron chi connectivity index (χ4n) is 3.30. The number of aromatic nitrogens is 4. The average molecular weight is 368 g/mol. The van der Waals surface area contributed by atoms with E-state index in [1.54, 1.807) is 0 Å². The fourth-order valence-corrected chi connectivity index (χ4v) is 5.24. The van der Waals surface area contributed by atoms with Gasteiger partial charge in [0.15, 0.2) is 5.82 Å². The zero-order chi connectivity index (χ0) is 17.3. The number of aromatic amines is 1. The highest BCUT2D eigenvalue weighted by Gasteiger charge is 2.30. The van der Waals surface area contributed by atoms with E-state index in [1.807, 2.05) is 18.4 Å². The molecule has 5 N–H and O–H groups in total. The number of thioether (sulfide) groups is 1. The number of H-pyrrole nitrogens is 1. The van der Waals surface area contributed by atoms with Crippen molar-refractivity contribution in [1.29, 1.82) is 0 Å². The minimum atomic E-state index is -3.94. The van der Waals surface area contributed by atoms with E-state index in [1.165, 1.54) is 11.8 Å². The zero-order valence-corrected chi connectivity index (χ0v) is 14.9. The molecule has 1 aromatic heterocycles. The second kappa shape index (κ2) is 6.79. The topological polar surface area (TPSA) is 141 Å². The Balaban J connectivity index is 2.23. The van der Waals surface area contributed by atoms with Crippen LogP contribution in [-0.2, 0) is 10.0 Å². The van der Waals surface area contributed by atoms with Gasteiger partial charge in [0.25, 0.3) is 0 Å². The van der Waals surface area contributed by atoms with Crippen LogP contribution in [0.25, 0.3) is 11.4 Å². The Morgan fingerprint density at radius 1 is 1.25 bits per heavy atom. The normalized spacial score (nSPS) is 21.8. The molecule has 1 aliphatic rings. The van der Waals surface area contributed by atoms with Crippen molar-refractivity contribution in [3.05, 3.63) is 17.7 Å². The van der Waals surface area contributed by atoms with Gasteiger partial charge in [-0.25, -0.2) is 18.7 Å². The highest BCUT2D eigenvalue weighted by molar-refractivity contribution is 7.99. The van der Waals surface area contributed by atoms with Gasteiger partial charge in [0.2, 0.25) is 10.0 Å². The first-order chi connectivity index (χ1) is 11.4.